The van der Waals surface area contributed by atoms with Gasteiger partial charge < -0.3 is 19.5 Å². The van der Waals surface area contributed by atoms with Gasteiger partial charge >= 0.3 is 5.97 Å². The van der Waals surface area contributed by atoms with Crippen molar-refractivity contribution < 1.29 is 28.2 Å². The third-order valence-corrected chi connectivity index (χ3v) is 3.71. The molecule has 1 aromatic rings. The van der Waals surface area contributed by atoms with Gasteiger partial charge in [-0.15, -0.1) is 0 Å². The van der Waals surface area contributed by atoms with E-state index in [-0.39, 0.29) is 37.0 Å². The molecule has 9 heteroatoms. The molecule has 0 amide bonds. The minimum absolute atomic E-state index is 0.0413. The number of carboxylic acid groups (broad SMARTS) is 1. The summed E-state index contributed by atoms with van der Waals surface area (Å²) in [4.78, 5) is 10.7. The lowest BCUT2D eigenvalue weighted by atomic mass is 10.4. The quantitative estimate of drug-likeness (QED) is 0.530. The van der Waals surface area contributed by atoms with Gasteiger partial charge in [0, 0.05) is 19.8 Å². The van der Waals surface area contributed by atoms with Crippen molar-refractivity contribution in [3.8, 4) is 0 Å². The summed E-state index contributed by atoms with van der Waals surface area (Å²) >= 11 is 0. The van der Waals surface area contributed by atoms with Crippen molar-refractivity contribution in [1.82, 2.24) is 9.29 Å². The molecule has 0 aliphatic carbocycles. The zero-order valence-electron chi connectivity index (χ0n) is 10.4. The molecular formula is C10H16N2O6S. The van der Waals surface area contributed by atoms with Crippen LogP contribution in [0, 0.1) is 0 Å². The summed E-state index contributed by atoms with van der Waals surface area (Å²) in [6.45, 7) is 0.168. The second-order valence-electron chi connectivity index (χ2n) is 3.71. The van der Waals surface area contributed by atoms with Crippen molar-refractivity contribution in [3.05, 3.63) is 18.0 Å². The molecule has 0 unspecified atom stereocenters. The number of nitrogens with one attached hydrogen (secondary N) is 1. The predicted molar refractivity (Wildman–Crippen MR) is 65.5 cm³/mol. The Bertz CT molecular complexity index is 536. The summed E-state index contributed by atoms with van der Waals surface area (Å²) in [7, 11) is -2.31. The minimum Gasteiger partial charge on any atom is -0.477 e. The number of aromatic carboxylic acids is 1. The van der Waals surface area contributed by atoms with Crippen molar-refractivity contribution in [2.45, 2.75) is 4.90 Å². The van der Waals surface area contributed by atoms with Gasteiger partial charge in [0.15, 0.2) is 0 Å². The van der Waals surface area contributed by atoms with Gasteiger partial charge in [-0.2, -0.15) is 0 Å². The molecule has 3 N–H and O–H groups in total. The van der Waals surface area contributed by atoms with Gasteiger partial charge in [0.1, 0.15) is 10.6 Å². The Morgan fingerprint density at radius 1 is 1.47 bits per heavy atom. The molecule has 0 saturated heterocycles. The van der Waals surface area contributed by atoms with E-state index in [0.29, 0.717) is 0 Å². The Hall–Kier alpha value is -1.42. The Morgan fingerprint density at radius 2 is 2.16 bits per heavy atom. The molecule has 0 atom stereocenters. The van der Waals surface area contributed by atoms with Crippen LogP contribution in [0.25, 0.3) is 0 Å². The Labute approximate surface area is 110 Å². The van der Waals surface area contributed by atoms with Crippen molar-refractivity contribution >= 4 is 16.0 Å². The highest BCUT2D eigenvalue weighted by molar-refractivity contribution is 7.89. The predicted octanol–water partition coefficient (Wildman–Crippen LogP) is -0.989. The van der Waals surface area contributed by atoms with Crippen LogP contribution in [0.3, 0.4) is 0 Å². The van der Waals surface area contributed by atoms with E-state index in [9.17, 15) is 13.2 Å². The maximum absolute atomic E-state index is 11.8. The number of aliphatic hydroxyl groups is 1. The summed E-state index contributed by atoms with van der Waals surface area (Å²) in [5.74, 6) is -1.20. The van der Waals surface area contributed by atoms with Crippen LogP contribution >= 0.6 is 0 Å². The van der Waals surface area contributed by atoms with Crippen molar-refractivity contribution in [1.29, 1.82) is 0 Å². The van der Waals surface area contributed by atoms with Crippen LogP contribution in [0.15, 0.2) is 17.2 Å². The van der Waals surface area contributed by atoms with Gasteiger partial charge in [-0.1, -0.05) is 0 Å². The van der Waals surface area contributed by atoms with Gasteiger partial charge in [0.05, 0.1) is 19.8 Å². The first-order valence-corrected chi connectivity index (χ1v) is 6.94. The van der Waals surface area contributed by atoms with Gasteiger partial charge in [0.25, 0.3) is 0 Å². The first-order chi connectivity index (χ1) is 8.88. The van der Waals surface area contributed by atoms with Gasteiger partial charge in [-0.3, -0.25) is 0 Å². The minimum atomic E-state index is -3.76. The number of carbonyl (C=O) groups is 1. The lowest BCUT2D eigenvalue weighted by Crippen LogP contribution is -2.27. The summed E-state index contributed by atoms with van der Waals surface area (Å²) in [6, 6.07) is 1.08. The molecule has 8 nitrogen and oxygen atoms in total. The molecule has 0 aliphatic rings. The van der Waals surface area contributed by atoms with Crippen LogP contribution in [-0.4, -0.2) is 55.5 Å². The fraction of sp³-hybridized carbons (Fsp3) is 0.500. The van der Waals surface area contributed by atoms with Crippen molar-refractivity contribution in [2.75, 3.05) is 26.4 Å². The van der Waals surface area contributed by atoms with E-state index in [0.717, 1.165) is 6.07 Å². The number of aliphatic hydroxyl groups excluding tert-OH is 1. The molecule has 0 aliphatic heterocycles. The van der Waals surface area contributed by atoms with Crippen molar-refractivity contribution in [2.24, 2.45) is 7.05 Å². The summed E-state index contributed by atoms with van der Waals surface area (Å²) in [5, 5.41) is 17.3. The second-order valence-corrected chi connectivity index (χ2v) is 5.48. The topological polar surface area (TPSA) is 118 Å². The van der Waals surface area contributed by atoms with Gasteiger partial charge in [-0.25, -0.2) is 17.9 Å². The number of aryl methyl sites for hydroxylation is 1. The summed E-state index contributed by atoms with van der Waals surface area (Å²) in [5.41, 5.74) is -0.114. The van der Waals surface area contributed by atoms with Gasteiger partial charge in [-0.05, 0) is 6.07 Å². The average Bonchev–Trinajstić information content (AvgIpc) is 2.72. The molecule has 19 heavy (non-hydrogen) atoms. The first kappa shape index (κ1) is 15.6. The van der Waals surface area contributed by atoms with Gasteiger partial charge in [0.2, 0.25) is 10.0 Å². The Morgan fingerprint density at radius 3 is 2.68 bits per heavy atom. The van der Waals surface area contributed by atoms with Crippen LogP contribution < -0.4 is 4.72 Å². The van der Waals surface area contributed by atoms with E-state index in [1.165, 1.54) is 17.8 Å². The number of aromatic nitrogens is 1. The maximum Gasteiger partial charge on any atom is 0.352 e. The third-order valence-electron chi connectivity index (χ3n) is 2.28. The van der Waals surface area contributed by atoms with Crippen LogP contribution in [-0.2, 0) is 21.8 Å². The van der Waals surface area contributed by atoms with E-state index in [2.05, 4.69) is 4.72 Å². The Balaban J connectivity index is 2.67. The van der Waals surface area contributed by atoms with E-state index < -0.39 is 16.0 Å². The molecule has 0 radical (unpaired) electrons. The molecule has 1 heterocycles. The highest BCUT2D eigenvalue weighted by Gasteiger charge is 2.19. The summed E-state index contributed by atoms with van der Waals surface area (Å²) < 4.78 is 32.1. The normalized spacial score (nSPS) is 11.7. The number of hydrogen-bond acceptors (Lipinski definition) is 5. The van der Waals surface area contributed by atoms with E-state index >= 15 is 0 Å². The number of rotatable bonds is 8. The summed E-state index contributed by atoms with van der Waals surface area (Å²) in [6.07, 6.45) is 1.22. The first-order valence-electron chi connectivity index (χ1n) is 5.46. The van der Waals surface area contributed by atoms with Crippen molar-refractivity contribution in [3.63, 3.8) is 0 Å². The fourth-order valence-corrected chi connectivity index (χ4v) is 2.47. The van der Waals surface area contributed by atoms with Crippen LogP contribution in [0.5, 0.6) is 0 Å². The average molecular weight is 292 g/mol. The lowest BCUT2D eigenvalue weighted by Gasteiger charge is -2.05. The standard InChI is InChI=1S/C10H16N2O6S/c1-12-7-8(6-9(12)10(14)15)19(16,17)11-2-4-18-5-3-13/h6-7,11,13H,2-5H2,1H3,(H,14,15). The maximum atomic E-state index is 11.8. The molecule has 1 aromatic heterocycles. The third kappa shape index (κ3) is 4.31. The second kappa shape index (κ2) is 6.66. The monoisotopic (exact) mass is 292 g/mol. The molecule has 0 aromatic carbocycles. The number of sulfonamides is 1. The molecule has 0 saturated carbocycles. The molecule has 108 valence electrons. The molecule has 1 rings (SSSR count). The lowest BCUT2D eigenvalue weighted by molar-refractivity contribution is 0.0686. The zero-order valence-corrected chi connectivity index (χ0v) is 11.2. The highest BCUT2D eigenvalue weighted by Crippen LogP contribution is 2.13. The fourth-order valence-electron chi connectivity index (χ4n) is 1.39. The Kier molecular flexibility index (Phi) is 5.48. The number of ether oxygens (including phenoxy) is 1. The highest BCUT2D eigenvalue weighted by atomic mass is 32.2. The molecule has 0 bridgehead atoms. The molecule has 0 spiro atoms. The van der Waals surface area contributed by atoms with E-state index in [4.69, 9.17) is 14.9 Å². The van der Waals surface area contributed by atoms with E-state index in [1.54, 1.807) is 0 Å². The van der Waals surface area contributed by atoms with E-state index in [1.807, 2.05) is 0 Å². The number of carboxylic acids is 1. The molecular weight excluding hydrogens is 276 g/mol. The largest absolute Gasteiger partial charge is 0.477 e. The van der Waals surface area contributed by atoms with Crippen LogP contribution in [0.1, 0.15) is 10.5 Å². The number of hydrogen-bond donors (Lipinski definition) is 3. The molecule has 0 fully saturated rings. The smallest absolute Gasteiger partial charge is 0.352 e. The SMILES string of the molecule is Cn1cc(S(=O)(=O)NCCOCCO)cc1C(=O)O. The zero-order chi connectivity index (χ0) is 14.5. The van der Waals surface area contributed by atoms with Crippen LogP contribution in [0.4, 0.5) is 0 Å². The number of nitrogens with zero attached hydrogens (tertiary/aromatic N) is 1. The van der Waals surface area contributed by atoms with Crippen LogP contribution in [0.2, 0.25) is 0 Å².